The molecule has 4 aromatic rings. The van der Waals surface area contributed by atoms with Crippen molar-refractivity contribution in [2.45, 2.75) is 26.7 Å². The third-order valence-corrected chi connectivity index (χ3v) is 5.55. The number of nitrogens with zero attached hydrogens (tertiary/aromatic N) is 3. The maximum absolute atomic E-state index is 13.0. The minimum absolute atomic E-state index is 0.00695. The Bertz CT molecular complexity index is 1240. The third kappa shape index (κ3) is 4.13. The molecule has 0 saturated carbocycles. The number of fused-ring (bicyclic) bond motifs is 1. The summed E-state index contributed by atoms with van der Waals surface area (Å²) < 4.78 is 14.7. The quantitative estimate of drug-likeness (QED) is 0.452. The largest absolute Gasteiger partial charge is 0.294 e. The van der Waals surface area contributed by atoms with Crippen LogP contribution < -0.4 is 5.32 Å². The van der Waals surface area contributed by atoms with E-state index in [0.717, 1.165) is 16.8 Å². The molecule has 0 spiro atoms. The molecule has 0 bridgehead atoms. The van der Waals surface area contributed by atoms with E-state index in [1.165, 1.54) is 41.2 Å². The fraction of sp³-hybridized carbons (Fsp3) is 0.182. The Labute approximate surface area is 176 Å². The third-order valence-electron chi connectivity index (χ3n) is 4.74. The first-order chi connectivity index (χ1) is 14.4. The zero-order valence-electron chi connectivity index (χ0n) is 16.5. The van der Waals surface area contributed by atoms with Crippen molar-refractivity contribution in [3.63, 3.8) is 0 Å². The van der Waals surface area contributed by atoms with Crippen molar-refractivity contribution >= 4 is 33.9 Å². The Kier molecular flexibility index (Phi) is 5.41. The molecule has 2 aromatic heterocycles. The summed E-state index contributed by atoms with van der Waals surface area (Å²) in [4.78, 5) is 29.4. The molecule has 0 radical (unpaired) electrons. The van der Waals surface area contributed by atoms with Crippen LogP contribution in [0.25, 0.3) is 16.2 Å². The second-order valence-corrected chi connectivity index (χ2v) is 7.88. The molecule has 1 amide bonds. The summed E-state index contributed by atoms with van der Waals surface area (Å²) in [6, 6.07) is 11.5. The molecule has 152 valence electrons. The van der Waals surface area contributed by atoms with E-state index in [2.05, 4.69) is 21.5 Å². The minimum atomic E-state index is -0.407. The van der Waals surface area contributed by atoms with Crippen LogP contribution in [0.2, 0.25) is 0 Å². The van der Waals surface area contributed by atoms with Gasteiger partial charge in [0.05, 0.1) is 5.69 Å². The number of rotatable bonds is 6. The van der Waals surface area contributed by atoms with Gasteiger partial charge in [0.25, 0.3) is 0 Å². The number of benzene rings is 2. The second-order valence-electron chi connectivity index (χ2n) is 7.05. The predicted molar refractivity (Wildman–Crippen MR) is 114 cm³/mol. The van der Waals surface area contributed by atoms with E-state index in [1.807, 2.05) is 31.4 Å². The van der Waals surface area contributed by atoms with E-state index >= 15 is 0 Å². The fourth-order valence-electron chi connectivity index (χ4n) is 3.22. The first-order valence-electron chi connectivity index (χ1n) is 9.41. The SMILES string of the molecule is Cc1ccc(-c2csc3nc(NC(=O)CCC(=O)c4ccc(F)cc4)nn23)c(C)c1. The highest BCUT2D eigenvalue weighted by molar-refractivity contribution is 7.15. The van der Waals surface area contributed by atoms with E-state index in [4.69, 9.17) is 0 Å². The number of nitrogens with one attached hydrogen (secondary N) is 1. The lowest BCUT2D eigenvalue weighted by Gasteiger charge is -2.05. The smallest absolute Gasteiger partial charge is 0.250 e. The van der Waals surface area contributed by atoms with Crippen molar-refractivity contribution in [1.82, 2.24) is 14.6 Å². The number of carbonyl (C=O) groups excluding carboxylic acids is 2. The lowest BCUT2D eigenvalue weighted by molar-refractivity contribution is -0.116. The van der Waals surface area contributed by atoms with Crippen molar-refractivity contribution in [1.29, 1.82) is 0 Å². The maximum Gasteiger partial charge on any atom is 0.250 e. The number of thiazole rings is 1. The Balaban J connectivity index is 1.44. The van der Waals surface area contributed by atoms with Gasteiger partial charge >= 0.3 is 0 Å². The number of aromatic nitrogens is 3. The lowest BCUT2D eigenvalue weighted by atomic mass is 10.0. The van der Waals surface area contributed by atoms with Gasteiger partial charge in [-0.15, -0.1) is 16.4 Å². The second kappa shape index (κ2) is 8.16. The molecule has 0 unspecified atom stereocenters. The van der Waals surface area contributed by atoms with E-state index < -0.39 is 5.82 Å². The van der Waals surface area contributed by atoms with Crippen molar-refractivity contribution < 1.29 is 14.0 Å². The van der Waals surface area contributed by atoms with Gasteiger partial charge in [0.15, 0.2) is 5.78 Å². The molecule has 6 nitrogen and oxygen atoms in total. The number of anilines is 1. The Morgan fingerprint density at radius 2 is 1.87 bits per heavy atom. The van der Waals surface area contributed by atoms with Crippen molar-refractivity contribution in [2.75, 3.05) is 5.32 Å². The molecule has 1 N–H and O–H groups in total. The molecule has 0 fully saturated rings. The molecule has 8 heteroatoms. The number of aryl methyl sites for hydroxylation is 2. The van der Waals surface area contributed by atoms with E-state index in [1.54, 1.807) is 4.52 Å². The van der Waals surface area contributed by atoms with Gasteiger partial charge in [-0.1, -0.05) is 23.8 Å². The summed E-state index contributed by atoms with van der Waals surface area (Å²) in [6.45, 7) is 4.09. The summed E-state index contributed by atoms with van der Waals surface area (Å²) in [6.07, 6.45) is 0.0144. The Morgan fingerprint density at radius 3 is 2.60 bits per heavy atom. The minimum Gasteiger partial charge on any atom is -0.294 e. The summed E-state index contributed by atoms with van der Waals surface area (Å²) >= 11 is 1.44. The number of ketones is 1. The van der Waals surface area contributed by atoms with Gasteiger partial charge in [-0.3, -0.25) is 14.9 Å². The number of hydrogen-bond acceptors (Lipinski definition) is 5. The molecule has 2 aromatic carbocycles. The highest BCUT2D eigenvalue weighted by Crippen LogP contribution is 2.28. The number of carbonyl (C=O) groups is 2. The number of hydrogen-bond donors (Lipinski definition) is 1. The van der Waals surface area contributed by atoms with Crippen molar-refractivity contribution in [3.05, 3.63) is 70.4 Å². The van der Waals surface area contributed by atoms with Crippen LogP contribution in [-0.2, 0) is 4.79 Å². The first kappa shape index (κ1) is 19.9. The zero-order chi connectivity index (χ0) is 21.3. The molecular formula is C22H19FN4O2S. The lowest BCUT2D eigenvalue weighted by Crippen LogP contribution is -2.14. The van der Waals surface area contributed by atoms with Gasteiger partial charge in [-0.05, 0) is 43.7 Å². The summed E-state index contributed by atoms with van der Waals surface area (Å²) in [7, 11) is 0. The van der Waals surface area contributed by atoms with Crippen molar-refractivity contribution in [2.24, 2.45) is 0 Å². The average Bonchev–Trinajstić information content (AvgIpc) is 3.27. The molecule has 0 aliphatic rings. The molecule has 4 rings (SSSR count). The van der Waals surface area contributed by atoms with Crippen molar-refractivity contribution in [3.8, 4) is 11.3 Å². The first-order valence-corrected chi connectivity index (χ1v) is 10.3. The highest BCUT2D eigenvalue weighted by atomic mass is 32.1. The normalized spacial score (nSPS) is 11.0. The van der Waals surface area contributed by atoms with Gasteiger partial charge in [0, 0.05) is 29.3 Å². The molecule has 0 atom stereocenters. The van der Waals surface area contributed by atoms with E-state index in [-0.39, 0.29) is 30.5 Å². The van der Waals surface area contributed by atoms with Gasteiger partial charge in [-0.25, -0.2) is 8.91 Å². The highest BCUT2D eigenvalue weighted by Gasteiger charge is 2.15. The summed E-state index contributed by atoms with van der Waals surface area (Å²) in [5.41, 5.74) is 4.66. The molecule has 0 saturated heterocycles. The summed E-state index contributed by atoms with van der Waals surface area (Å²) in [5, 5.41) is 9.04. The van der Waals surface area contributed by atoms with Crippen LogP contribution in [0.4, 0.5) is 10.3 Å². The molecule has 0 aliphatic carbocycles. The molecule has 2 heterocycles. The zero-order valence-corrected chi connectivity index (χ0v) is 17.3. The van der Waals surface area contributed by atoms with Gasteiger partial charge in [-0.2, -0.15) is 4.98 Å². The Morgan fingerprint density at radius 1 is 1.10 bits per heavy atom. The predicted octanol–water partition coefficient (Wildman–Crippen LogP) is 4.82. The van der Waals surface area contributed by atoms with Crippen LogP contribution in [0.3, 0.4) is 0 Å². The van der Waals surface area contributed by atoms with Crippen LogP contribution >= 0.6 is 11.3 Å². The topological polar surface area (TPSA) is 76.4 Å². The maximum atomic E-state index is 13.0. The fourth-order valence-corrected chi connectivity index (χ4v) is 4.04. The average molecular weight is 422 g/mol. The van der Waals surface area contributed by atoms with Gasteiger partial charge in [0.1, 0.15) is 5.82 Å². The van der Waals surface area contributed by atoms with Crippen LogP contribution in [-0.4, -0.2) is 26.3 Å². The van der Waals surface area contributed by atoms with Gasteiger partial charge in [0.2, 0.25) is 16.8 Å². The van der Waals surface area contributed by atoms with Crippen LogP contribution in [0.15, 0.2) is 47.8 Å². The van der Waals surface area contributed by atoms with Crippen LogP contribution in [0.5, 0.6) is 0 Å². The van der Waals surface area contributed by atoms with E-state index in [0.29, 0.717) is 10.5 Å². The van der Waals surface area contributed by atoms with Crippen LogP contribution in [0, 0.1) is 19.7 Å². The Hall–Kier alpha value is -3.39. The van der Waals surface area contributed by atoms with Crippen LogP contribution in [0.1, 0.15) is 34.3 Å². The number of amides is 1. The van der Waals surface area contributed by atoms with Gasteiger partial charge < -0.3 is 0 Å². The molecule has 30 heavy (non-hydrogen) atoms. The molecular weight excluding hydrogens is 403 g/mol. The number of Topliss-reactive ketones (excluding diaryl/α,β-unsaturated/α-hetero) is 1. The summed E-state index contributed by atoms with van der Waals surface area (Å²) in [5.74, 6) is -0.778. The van der Waals surface area contributed by atoms with E-state index in [9.17, 15) is 14.0 Å². The standard InChI is InChI=1S/C22H19FN4O2S/c1-13-3-8-17(14(2)11-13)18-12-30-22-25-21(26-27(18)22)24-20(29)10-9-19(28)15-4-6-16(23)7-5-15/h3-8,11-12H,9-10H2,1-2H3,(H,24,26,29). The monoisotopic (exact) mass is 422 g/mol. The number of halogens is 1. The molecule has 0 aliphatic heterocycles.